The molecule has 0 heteroatoms. The van der Waals surface area contributed by atoms with Crippen LogP contribution in [0, 0.1) is 0 Å². The van der Waals surface area contributed by atoms with E-state index in [-0.39, 0.29) is 0 Å². The van der Waals surface area contributed by atoms with E-state index in [1.165, 1.54) is 24.0 Å². The zero-order valence-electron chi connectivity index (χ0n) is 13.8. The molecule has 0 amide bonds. The van der Waals surface area contributed by atoms with Crippen molar-refractivity contribution >= 4 is 0 Å². The van der Waals surface area contributed by atoms with Crippen LogP contribution in [-0.4, -0.2) is 0 Å². The van der Waals surface area contributed by atoms with Crippen LogP contribution in [0.1, 0.15) is 58.8 Å². The number of rotatable bonds is 4. The Kier molecular flexibility index (Phi) is 3.29. The van der Waals surface area contributed by atoms with Gasteiger partial charge in [-0.25, -0.2) is 0 Å². The average molecular weight is 310 g/mol. The van der Waals surface area contributed by atoms with Gasteiger partial charge in [-0.1, -0.05) is 84.9 Å². The lowest BCUT2D eigenvalue weighted by atomic mass is 9.99. The van der Waals surface area contributed by atoms with Crippen LogP contribution >= 0.6 is 0 Å². The van der Waals surface area contributed by atoms with Gasteiger partial charge in [0.2, 0.25) is 0 Å². The lowest BCUT2D eigenvalue weighted by Gasteiger charge is -2.06. The maximum absolute atomic E-state index is 2.49. The summed E-state index contributed by atoms with van der Waals surface area (Å²) in [5, 5.41) is 0. The molecule has 0 heterocycles. The smallest absolute Gasteiger partial charge is 0.00867 e. The van der Waals surface area contributed by atoms with E-state index in [1.807, 2.05) is 0 Å². The molecule has 3 aromatic rings. The number of hydrogen-bond acceptors (Lipinski definition) is 0. The highest BCUT2D eigenvalue weighted by molar-refractivity contribution is 5.42. The van der Waals surface area contributed by atoms with Crippen molar-refractivity contribution in [3.8, 4) is 0 Å². The summed E-state index contributed by atoms with van der Waals surface area (Å²) in [4.78, 5) is 0. The van der Waals surface area contributed by atoms with Gasteiger partial charge in [0.25, 0.3) is 0 Å². The maximum atomic E-state index is 2.49. The summed E-state index contributed by atoms with van der Waals surface area (Å²) in [6, 6.07) is 31.4. The first-order valence-corrected chi connectivity index (χ1v) is 9.10. The van der Waals surface area contributed by atoms with Crippen molar-refractivity contribution in [2.24, 2.45) is 0 Å². The van der Waals surface area contributed by atoms with Gasteiger partial charge in [0.1, 0.15) is 0 Å². The molecule has 0 aliphatic heterocycles. The first-order chi connectivity index (χ1) is 11.9. The molecular weight excluding hydrogens is 288 g/mol. The quantitative estimate of drug-likeness (QED) is 0.536. The topological polar surface area (TPSA) is 0 Å². The van der Waals surface area contributed by atoms with Crippen LogP contribution in [0.3, 0.4) is 0 Å². The van der Waals surface area contributed by atoms with Crippen LogP contribution in [0.2, 0.25) is 0 Å². The van der Waals surface area contributed by atoms with E-state index in [0.29, 0.717) is 0 Å². The van der Waals surface area contributed by atoms with Gasteiger partial charge >= 0.3 is 0 Å². The van der Waals surface area contributed by atoms with Crippen molar-refractivity contribution in [3.63, 3.8) is 0 Å². The van der Waals surface area contributed by atoms with E-state index in [2.05, 4.69) is 84.9 Å². The number of benzene rings is 3. The van der Waals surface area contributed by atoms with Crippen molar-refractivity contribution in [2.75, 3.05) is 0 Å². The second-order valence-corrected chi connectivity index (χ2v) is 7.39. The molecule has 2 fully saturated rings. The zero-order chi connectivity index (χ0) is 15.9. The Bertz CT molecular complexity index is 765. The Morgan fingerprint density at radius 2 is 0.792 bits per heavy atom. The molecule has 0 saturated heterocycles. The van der Waals surface area contributed by atoms with Gasteiger partial charge in [-0.15, -0.1) is 0 Å². The van der Waals surface area contributed by atoms with Crippen molar-refractivity contribution in [1.29, 1.82) is 0 Å². The molecular formula is C24H22. The predicted octanol–water partition coefficient (Wildman–Crippen LogP) is 6.23. The summed E-state index contributed by atoms with van der Waals surface area (Å²) >= 11 is 0. The third-order valence-corrected chi connectivity index (χ3v) is 5.80. The SMILES string of the molecule is c1ccc(C2CC2c2cccc(C3CC3c3ccccc3)c2)cc1. The van der Waals surface area contributed by atoms with Crippen LogP contribution in [-0.2, 0) is 0 Å². The fourth-order valence-corrected chi connectivity index (χ4v) is 4.28. The largest absolute Gasteiger partial charge is 0.0622 e. The van der Waals surface area contributed by atoms with Crippen LogP contribution in [0.4, 0.5) is 0 Å². The Labute approximate surface area is 144 Å². The predicted molar refractivity (Wildman–Crippen MR) is 99.5 cm³/mol. The molecule has 0 N–H and O–H groups in total. The Balaban J connectivity index is 1.34. The summed E-state index contributed by atoms with van der Waals surface area (Å²) in [5.74, 6) is 2.90. The second-order valence-electron chi connectivity index (χ2n) is 7.39. The fourth-order valence-electron chi connectivity index (χ4n) is 4.28. The van der Waals surface area contributed by atoms with Crippen molar-refractivity contribution in [2.45, 2.75) is 36.5 Å². The lowest BCUT2D eigenvalue weighted by Crippen LogP contribution is -1.89. The maximum Gasteiger partial charge on any atom is -0.00867 e. The summed E-state index contributed by atoms with van der Waals surface area (Å²) < 4.78 is 0. The molecule has 3 aromatic carbocycles. The van der Waals surface area contributed by atoms with E-state index >= 15 is 0 Å². The Hall–Kier alpha value is -2.34. The first-order valence-electron chi connectivity index (χ1n) is 9.10. The van der Waals surface area contributed by atoms with Crippen LogP contribution in [0.25, 0.3) is 0 Å². The van der Waals surface area contributed by atoms with Gasteiger partial charge in [-0.05, 0) is 58.8 Å². The molecule has 0 radical (unpaired) electrons. The summed E-state index contributed by atoms with van der Waals surface area (Å²) in [6.45, 7) is 0. The zero-order valence-corrected chi connectivity index (χ0v) is 13.8. The van der Waals surface area contributed by atoms with Crippen LogP contribution in [0.15, 0.2) is 84.9 Å². The standard InChI is InChI=1S/C24H22/c1-3-8-17(9-4-1)21-15-23(21)19-12-7-13-20(14-19)24-16-22(24)18-10-5-2-6-11-18/h1-14,21-24H,15-16H2. The Morgan fingerprint density at radius 1 is 0.417 bits per heavy atom. The fraction of sp³-hybridized carbons (Fsp3) is 0.250. The molecule has 118 valence electrons. The first kappa shape index (κ1) is 14.0. The highest BCUT2D eigenvalue weighted by Crippen LogP contribution is 2.57. The van der Waals surface area contributed by atoms with Gasteiger partial charge in [0.05, 0.1) is 0 Å². The van der Waals surface area contributed by atoms with Crippen molar-refractivity contribution in [3.05, 3.63) is 107 Å². The minimum Gasteiger partial charge on any atom is -0.0622 e. The molecule has 4 unspecified atom stereocenters. The van der Waals surface area contributed by atoms with Gasteiger partial charge in [0.15, 0.2) is 0 Å². The molecule has 0 nitrogen and oxygen atoms in total. The molecule has 5 rings (SSSR count). The molecule has 0 bridgehead atoms. The van der Waals surface area contributed by atoms with E-state index in [4.69, 9.17) is 0 Å². The highest BCUT2D eigenvalue weighted by Gasteiger charge is 2.42. The summed E-state index contributed by atoms with van der Waals surface area (Å²) in [7, 11) is 0. The molecule has 2 saturated carbocycles. The molecule has 24 heavy (non-hydrogen) atoms. The van der Waals surface area contributed by atoms with Gasteiger partial charge < -0.3 is 0 Å². The molecule has 0 aromatic heterocycles. The van der Waals surface area contributed by atoms with Gasteiger partial charge in [0, 0.05) is 0 Å². The van der Waals surface area contributed by atoms with Crippen molar-refractivity contribution < 1.29 is 0 Å². The lowest BCUT2D eigenvalue weighted by molar-refractivity contribution is 0.993. The highest BCUT2D eigenvalue weighted by atomic mass is 14.5. The van der Waals surface area contributed by atoms with E-state index in [9.17, 15) is 0 Å². The van der Waals surface area contributed by atoms with E-state index in [1.54, 1.807) is 11.1 Å². The van der Waals surface area contributed by atoms with Gasteiger partial charge in [-0.2, -0.15) is 0 Å². The van der Waals surface area contributed by atoms with Gasteiger partial charge in [-0.3, -0.25) is 0 Å². The second kappa shape index (κ2) is 5.63. The molecule has 4 atom stereocenters. The van der Waals surface area contributed by atoms with E-state index < -0.39 is 0 Å². The average Bonchev–Trinajstić information content (AvgIpc) is 3.57. The molecule has 0 spiro atoms. The monoisotopic (exact) mass is 310 g/mol. The van der Waals surface area contributed by atoms with Crippen LogP contribution < -0.4 is 0 Å². The minimum absolute atomic E-state index is 0.723. The normalized spacial score (nSPS) is 27.7. The Morgan fingerprint density at radius 3 is 1.25 bits per heavy atom. The molecule has 2 aliphatic rings. The van der Waals surface area contributed by atoms with Crippen molar-refractivity contribution in [1.82, 2.24) is 0 Å². The minimum atomic E-state index is 0.723. The van der Waals surface area contributed by atoms with E-state index in [0.717, 1.165) is 23.7 Å². The third-order valence-electron chi connectivity index (χ3n) is 5.80. The molecule has 2 aliphatic carbocycles. The number of hydrogen-bond donors (Lipinski definition) is 0. The van der Waals surface area contributed by atoms with Crippen LogP contribution in [0.5, 0.6) is 0 Å². The third kappa shape index (κ3) is 2.57. The summed E-state index contributed by atoms with van der Waals surface area (Å²) in [5.41, 5.74) is 6.09. The summed E-state index contributed by atoms with van der Waals surface area (Å²) in [6.07, 6.45) is 2.61.